The summed E-state index contributed by atoms with van der Waals surface area (Å²) in [4.78, 5) is 8.49. The molecule has 0 radical (unpaired) electrons. The molecule has 0 bridgehead atoms. The van der Waals surface area contributed by atoms with Crippen molar-refractivity contribution in [2.45, 2.75) is 39.7 Å². The van der Waals surface area contributed by atoms with E-state index in [0.717, 1.165) is 25.1 Å². The Hall–Kier alpha value is -1.16. The molecule has 96 valence electrons. The average molecular weight is 237 g/mol. The molecule has 0 aliphatic rings. The van der Waals surface area contributed by atoms with Crippen LogP contribution in [0, 0.1) is 5.92 Å². The summed E-state index contributed by atoms with van der Waals surface area (Å²) in [6, 6.07) is 0.520. The third kappa shape index (κ3) is 4.30. The van der Waals surface area contributed by atoms with Gasteiger partial charge in [-0.1, -0.05) is 20.8 Å². The van der Waals surface area contributed by atoms with E-state index < -0.39 is 0 Å². The van der Waals surface area contributed by atoms with Gasteiger partial charge in [0.1, 0.15) is 5.69 Å². The van der Waals surface area contributed by atoms with Crippen molar-refractivity contribution in [2.24, 2.45) is 5.92 Å². The first-order valence-corrected chi connectivity index (χ1v) is 6.26. The molecule has 1 N–H and O–H groups in total. The predicted molar refractivity (Wildman–Crippen MR) is 69.2 cm³/mol. The Labute approximate surface area is 104 Å². The van der Waals surface area contributed by atoms with E-state index in [1.807, 2.05) is 0 Å². The predicted octanol–water partition coefficient (Wildman–Crippen LogP) is 2.05. The zero-order valence-corrected chi connectivity index (χ0v) is 11.2. The van der Waals surface area contributed by atoms with E-state index in [4.69, 9.17) is 4.74 Å². The molecular formula is C13H23N3O. The first-order valence-electron chi connectivity index (χ1n) is 6.26. The quantitative estimate of drug-likeness (QED) is 0.788. The molecule has 0 fully saturated rings. The number of aryl methyl sites for hydroxylation is 1. The molecule has 1 aromatic rings. The maximum atomic E-state index is 5.20. The molecule has 1 aromatic heterocycles. The van der Waals surface area contributed by atoms with Crippen molar-refractivity contribution in [3.8, 4) is 5.88 Å². The molecule has 0 saturated carbocycles. The minimum Gasteiger partial charge on any atom is -0.480 e. The van der Waals surface area contributed by atoms with Crippen molar-refractivity contribution in [3.63, 3.8) is 0 Å². The Morgan fingerprint density at radius 3 is 2.59 bits per heavy atom. The largest absolute Gasteiger partial charge is 0.480 e. The fourth-order valence-corrected chi connectivity index (χ4v) is 1.92. The summed E-state index contributed by atoms with van der Waals surface area (Å²) in [6.07, 6.45) is 5.33. The monoisotopic (exact) mass is 237 g/mol. The summed E-state index contributed by atoms with van der Waals surface area (Å²) in [5.41, 5.74) is 0.943. The number of methoxy groups -OCH3 is 1. The Morgan fingerprint density at radius 1 is 1.29 bits per heavy atom. The summed E-state index contributed by atoms with van der Waals surface area (Å²) in [6.45, 7) is 7.61. The summed E-state index contributed by atoms with van der Waals surface area (Å²) in [5, 5.41) is 3.50. The summed E-state index contributed by atoms with van der Waals surface area (Å²) in [5.74, 6) is 1.27. The van der Waals surface area contributed by atoms with E-state index >= 15 is 0 Å². The van der Waals surface area contributed by atoms with Crippen LogP contribution in [-0.4, -0.2) is 29.7 Å². The number of ether oxygens (including phenoxy) is 1. The fourth-order valence-electron chi connectivity index (χ4n) is 1.92. The normalized spacial score (nSPS) is 12.8. The van der Waals surface area contributed by atoms with Crippen molar-refractivity contribution >= 4 is 0 Å². The van der Waals surface area contributed by atoms with Gasteiger partial charge >= 0.3 is 0 Å². The van der Waals surface area contributed by atoms with Crippen LogP contribution in [0.25, 0.3) is 0 Å². The molecule has 1 unspecified atom stereocenters. The molecule has 17 heavy (non-hydrogen) atoms. The molecule has 0 aliphatic carbocycles. The zero-order valence-electron chi connectivity index (χ0n) is 11.2. The summed E-state index contributed by atoms with van der Waals surface area (Å²) < 4.78 is 5.20. The summed E-state index contributed by atoms with van der Waals surface area (Å²) in [7, 11) is 1.64. The lowest BCUT2D eigenvalue weighted by molar-refractivity contribution is 0.368. The van der Waals surface area contributed by atoms with Gasteiger partial charge in [-0.05, 0) is 25.3 Å². The molecule has 0 saturated heterocycles. The van der Waals surface area contributed by atoms with Gasteiger partial charge in [-0.2, -0.15) is 0 Å². The Kier molecular flexibility index (Phi) is 5.91. The van der Waals surface area contributed by atoms with Crippen molar-refractivity contribution in [1.29, 1.82) is 0 Å². The van der Waals surface area contributed by atoms with Crippen LogP contribution in [0.5, 0.6) is 5.88 Å². The number of nitrogens with zero attached hydrogens (tertiary/aromatic N) is 2. The molecule has 0 aliphatic heterocycles. The van der Waals surface area contributed by atoms with Crippen LogP contribution in [0.2, 0.25) is 0 Å². The van der Waals surface area contributed by atoms with Gasteiger partial charge in [0.05, 0.1) is 7.11 Å². The van der Waals surface area contributed by atoms with Gasteiger partial charge in [-0.15, -0.1) is 0 Å². The average Bonchev–Trinajstić information content (AvgIpc) is 2.34. The highest BCUT2D eigenvalue weighted by molar-refractivity contribution is 5.17. The van der Waals surface area contributed by atoms with E-state index in [1.165, 1.54) is 0 Å². The van der Waals surface area contributed by atoms with E-state index in [-0.39, 0.29) is 0 Å². The van der Waals surface area contributed by atoms with Crippen LogP contribution in [0.1, 0.15) is 32.9 Å². The second-order valence-corrected chi connectivity index (χ2v) is 4.46. The highest BCUT2D eigenvalue weighted by atomic mass is 16.5. The number of hydrogen-bond donors (Lipinski definition) is 1. The standard InChI is InChI=1S/C13H23N3O/c1-5-14-11(10(2)3)6-7-12-13(17-4)16-9-8-15-12/h8-11,14H,5-7H2,1-4H3. The lowest BCUT2D eigenvalue weighted by Crippen LogP contribution is -2.34. The van der Waals surface area contributed by atoms with Gasteiger partial charge in [0.15, 0.2) is 0 Å². The minimum atomic E-state index is 0.520. The maximum Gasteiger partial charge on any atom is 0.235 e. The van der Waals surface area contributed by atoms with Crippen LogP contribution < -0.4 is 10.1 Å². The Morgan fingerprint density at radius 2 is 2.00 bits per heavy atom. The minimum absolute atomic E-state index is 0.520. The van der Waals surface area contributed by atoms with Gasteiger partial charge in [-0.3, -0.25) is 4.98 Å². The number of aromatic nitrogens is 2. The fraction of sp³-hybridized carbons (Fsp3) is 0.692. The molecule has 0 spiro atoms. The van der Waals surface area contributed by atoms with Crippen molar-refractivity contribution in [1.82, 2.24) is 15.3 Å². The first-order chi connectivity index (χ1) is 8.19. The number of rotatable bonds is 7. The highest BCUT2D eigenvalue weighted by Crippen LogP contribution is 2.15. The van der Waals surface area contributed by atoms with E-state index in [0.29, 0.717) is 17.8 Å². The maximum absolute atomic E-state index is 5.20. The van der Waals surface area contributed by atoms with Gasteiger partial charge in [0.2, 0.25) is 5.88 Å². The second kappa shape index (κ2) is 7.22. The molecule has 1 rings (SSSR count). The SMILES string of the molecule is CCNC(CCc1nccnc1OC)C(C)C. The molecule has 0 amide bonds. The Balaban J connectivity index is 2.58. The molecule has 1 heterocycles. The lowest BCUT2D eigenvalue weighted by Gasteiger charge is -2.21. The van der Waals surface area contributed by atoms with Crippen LogP contribution in [0.4, 0.5) is 0 Å². The van der Waals surface area contributed by atoms with Gasteiger partial charge < -0.3 is 10.1 Å². The van der Waals surface area contributed by atoms with Crippen LogP contribution in [0.3, 0.4) is 0 Å². The van der Waals surface area contributed by atoms with Gasteiger partial charge in [0, 0.05) is 18.4 Å². The molecular weight excluding hydrogens is 214 g/mol. The zero-order chi connectivity index (χ0) is 12.7. The third-order valence-corrected chi connectivity index (χ3v) is 2.89. The third-order valence-electron chi connectivity index (χ3n) is 2.89. The molecule has 4 nitrogen and oxygen atoms in total. The van der Waals surface area contributed by atoms with E-state index in [2.05, 4.69) is 36.1 Å². The Bertz CT molecular complexity index is 328. The molecule has 4 heteroatoms. The van der Waals surface area contributed by atoms with Crippen molar-refractivity contribution < 1.29 is 4.74 Å². The van der Waals surface area contributed by atoms with Crippen molar-refractivity contribution in [2.75, 3.05) is 13.7 Å². The second-order valence-electron chi connectivity index (χ2n) is 4.46. The van der Waals surface area contributed by atoms with Gasteiger partial charge in [-0.25, -0.2) is 4.98 Å². The van der Waals surface area contributed by atoms with E-state index in [1.54, 1.807) is 19.5 Å². The molecule has 1 atom stereocenters. The topological polar surface area (TPSA) is 47.0 Å². The number of hydrogen-bond acceptors (Lipinski definition) is 4. The van der Waals surface area contributed by atoms with Crippen LogP contribution >= 0.6 is 0 Å². The van der Waals surface area contributed by atoms with Crippen LogP contribution in [0.15, 0.2) is 12.4 Å². The first kappa shape index (κ1) is 13.9. The van der Waals surface area contributed by atoms with Gasteiger partial charge in [0.25, 0.3) is 0 Å². The van der Waals surface area contributed by atoms with E-state index in [9.17, 15) is 0 Å². The number of nitrogens with one attached hydrogen (secondary N) is 1. The molecule has 0 aromatic carbocycles. The highest BCUT2D eigenvalue weighted by Gasteiger charge is 2.14. The van der Waals surface area contributed by atoms with Crippen molar-refractivity contribution in [3.05, 3.63) is 18.1 Å². The lowest BCUT2D eigenvalue weighted by atomic mass is 9.98. The summed E-state index contributed by atoms with van der Waals surface area (Å²) >= 11 is 0. The smallest absolute Gasteiger partial charge is 0.235 e. The van der Waals surface area contributed by atoms with Crippen LogP contribution in [-0.2, 0) is 6.42 Å².